The Morgan fingerprint density at radius 2 is 1.69 bits per heavy atom. The number of carboxylic acid groups (broad SMARTS) is 1. The summed E-state index contributed by atoms with van der Waals surface area (Å²) in [7, 11) is 0. The lowest BCUT2D eigenvalue weighted by atomic mass is 9.61. The van der Waals surface area contributed by atoms with E-state index in [4.69, 9.17) is 14.9 Å². The maximum Gasteiger partial charge on any atom is 0.303 e. The number of rotatable bonds is 13. The van der Waals surface area contributed by atoms with Gasteiger partial charge in [0.1, 0.15) is 12.2 Å². The fourth-order valence-corrected chi connectivity index (χ4v) is 4.77. The topological polar surface area (TPSA) is 55.8 Å². The summed E-state index contributed by atoms with van der Waals surface area (Å²) < 4.78 is 0. The number of allylic oxidation sites excluding steroid dienone is 2. The number of carboxylic acids is 1. The van der Waals surface area contributed by atoms with E-state index in [1.165, 1.54) is 25.7 Å². The molecule has 0 unspecified atom stereocenters. The average Bonchev–Trinajstić information content (AvgIpc) is 3.17. The predicted molar refractivity (Wildman–Crippen MR) is 104 cm³/mol. The van der Waals surface area contributed by atoms with Gasteiger partial charge in [-0.15, -0.1) is 0 Å². The molecule has 150 valence electrons. The zero-order valence-corrected chi connectivity index (χ0v) is 17.0. The zero-order chi connectivity index (χ0) is 19.0. The second kappa shape index (κ2) is 9.89. The molecule has 4 atom stereocenters. The highest BCUT2D eigenvalue weighted by Crippen LogP contribution is 2.62. The van der Waals surface area contributed by atoms with Crippen LogP contribution >= 0.6 is 0 Å². The Hall–Kier alpha value is -0.870. The molecule has 0 amide bonds. The van der Waals surface area contributed by atoms with Crippen molar-refractivity contribution in [2.75, 3.05) is 0 Å². The van der Waals surface area contributed by atoms with Gasteiger partial charge in [0.25, 0.3) is 0 Å². The second-order valence-electron chi connectivity index (χ2n) is 8.72. The minimum absolute atomic E-state index is 0.123. The molecule has 0 aromatic carbocycles. The van der Waals surface area contributed by atoms with Crippen LogP contribution in [0, 0.1) is 10.8 Å². The fourth-order valence-electron chi connectivity index (χ4n) is 4.77. The van der Waals surface area contributed by atoms with Crippen LogP contribution in [0.25, 0.3) is 0 Å². The summed E-state index contributed by atoms with van der Waals surface area (Å²) in [5, 5.41) is 8.74. The number of hydrogen-bond acceptors (Lipinski definition) is 3. The molecule has 4 heteroatoms. The third-order valence-electron chi connectivity index (χ3n) is 6.96. The van der Waals surface area contributed by atoms with Gasteiger partial charge in [0.05, 0.1) is 0 Å². The van der Waals surface area contributed by atoms with Crippen molar-refractivity contribution in [2.24, 2.45) is 10.8 Å². The van der Waals surface area contributed by atoms with Gasteiger partial charge in [0.15, 0.2) is 0 Å². The van der Waals surface area contributed by atoms with E-state index in [1.54, 1.807) is 0 Å². The molecule has 26 heavy (non-hydrogen) atoms. The molecular weight excluding hydrogens is 328 g/mol. The Morgan fingerprint density at radius 1 is 1.00 bits per heavy atom. The molecule has 0 radical (unpaired) electrons. The van der Waals surface area contributed by atoms with Crippen LogP contribution in [0.2, 0.25) is 0 Å². The molecule has 1 saturated heterocycles. The SMILES string of the molecule is CCCCCC=CC[C@@]1(C)[C@H]2C[C@@H](OO2)[C@]1(C)CCCCCCC(=O)O. The molecule has 1 aliphatic heterocycles. The molecule has 2 bridgehead atoms. The molecule has 1 heterocycles. The standard InChI is InChI=1S/C22H38O4/c1-4-5-6-7-9-12-15-21(2)18-17-19(26-25-18)22(21,3)16-13-10-8-11-14-20(23)24/h9,12,18-19H,4-8,10-11,13-17H2,1-3H3,(H,23,24)/t18-,19-,21+,22+/m1/s1. The first kappa shape index (κ1) is 21.4. The normalized spacial score (nSPS) is 33.3. The zero-order valence-electron chi connectivity index (χ0n) is 17.0. The third kappa shape index (κ3) is 4.89. The lowest BCUT2D eigenvalue weighted by Crippen LogP contribution is -2.48. The Morgan fingerprint density at radius 3 is 2.38 bits per heavy atom. The summed E-state index contributed by atoms with van der Waals surface area (Å²) in [4.78, 5) is 21.9. The summed E-state index contributed by atoms with van der Waals surface area (Å²) in [5.41, 5.74) is 0.259. The Balaban J connectivity index is 1.84. The van der Waals surface area contributed by atoms with E-state index in [1.807, 2.05) is 0 Å². The Labute approximate surface area is 159 Å². The Bertz CT molecular complexity index is 475. The highest BCUT2D eigenvalue weighted by molar-refractivity contribution is 5.66. The van der Waals surface area contributed by atoms with Crippen molar-refractivity contribution in [3.8, 4) is 0 Å². The number of unbranched alkanes of at least 4 members (excludes halogenated alkanes) is 6. The van der Waals surface area contributed by atoms with Crippen LogP contribution in [0.5, 0.6) is 0 Å². The molecule has 1 aliphatic carbocycles. The average molecular weight is 367 g/mol. The van der Waals surface area contributed by atoms with Crippen LogP contribution < -0.4 is 0 Å². The smallest absolute Gasteiger partial charge is 0.303 e. The van der Waals surface area contributed by atoms with Gasteiger partial charge in [-0.2, -0.15) is 0 Å². The largest absolute Gasteiger partial charge is 0.481 e. The first-order chi connectivity index (χ1) is 12.4. The number of aliphatic carboxylic acids is 1. The maximum atomic E-state index is 10.6. The van der Waals surface area contributed by atoms with Gasteiger partial charge in [0, 0.05) is 23.7 Å². The minimum atomic E-state index is -0.686. The van der Waals surface area contributed by atoms with Gasteiger partial charge < -0.3 is 5.11 Å². The highest BCUT2D eigenvalue weighted by Gasteiger charge is 2.64. The summed E-state index contributed by atoms with van der Waals surface area (Å²) in [6.45, 7) is 6.99. The quantitative estimate of drug-likeness (QED) is 0.245. The van der Waals surface area contributed by atoms with Crippen LogP contribution in [-0.2, 0) is 14.6 Å². The van der Waals surface area contributed by atoms with Crippen LogP contribution in [0.4, 0.5) is 0 Å². The van der Waals surface area contributed by atoms with Crippen LogP contribution in [0.3, 0.4) is 0 Å². The third-order valence-corrected chi connectivity index (χ3v) is 6.96. The van der Waals surface area contributed by atoms with Gasteiger partial charge in [0.2, 0.25) is 0 Å². The van der Waals surface area contributed by atoms with Crippen LogP contribution in [0.1, 0.15) is 97.8 Å². The minimum Gasteiger partial charge on any atom is -0.481 e. The van der Waals surface area contributed by atoms with Crippen molar-refractivity contribution in [1.29, 1.82) is 0 Å². The van der Waals surface area contributed by atoms with E-state index in [9.17, 15) is 4.79 Å². The van der Waals surface area contributed by atoms with Gasteiger partial charge in [-0.3, -0.25) is 4.79 Å². The van der Waals surface area contributed by atoms with E-state index in [0.717, 1.165) is 44.9 Å². The van der Waals surface area contributed by atoms with Crippen molar-refractivity contribution >= 4 is 5.97 Å². The van der Waals surface area contributed by atoms with E-state index in [-0.39, 0.29) is 23.0 Å². The van der Waals surface area contributed by atoms with Gasteiger partial charge in [-0.1, -0.05) is 65.0 Å². The van der Waals surface area contributed by atoms with Crippen LogP contribution in [-0.4, -0.2) is 23.3 Å². The van der Waals surface area contributed by atoms with Crippen molar-refractivity contribution in [3.05, 3.63) is 12.2 Å². The summed E-state index contributed by atoms with van der Waals surface area (Å²) >= 11 is 0. The van der Waals surface area contributed by atoms with Gasteiger partial charge in [-0.05, 0) is 32.1 Å². The molecule has 1 N–H and O–H groups in total. The summed E-state index contributed by atoms with van der Waals surface area (Å²) in [5.74, 6) is -0.686. The first-order valence-electron chi connectivity index (χ1n) is 10.6. The molecule has 2 rings (SSSR count). The van der Waals surface area contributed by atoms with Gasteiger partial charge in [-0.25, -0.2) is 9.78 Å². The van der Waals surface area contributed by atoms with E-state index < -0.39 is 5.97 Å². The lowest BCUT2D eigenvalue weighted by Gasteiger charge is -2.48. The maximum absolute atomic E-state index is 10.6. The number of carbonyl (C=O) groups is 1. The first-order valence-corrected chi connectivity index (χ1v) is 10.6. The molecule has 0 spiro atoms. The highest BCUT2D eigenvalue weighted by atomic mass is 17.2. The molecule has 0 aromatic rings. The Kier molecular flexibility index (Phi) is 8.15. The lowest BCUT2D eigenvalue weighted by molar-refractivity contribution is -0.375. The van der Waals surface area contributed by atoms with Crippen molar-refractivity contribution in [3.63, 3.8) is 0 Å². The van der Waals surface area contributed by atoms with E-state index in [0.29, 0.717) is 6.42 Å². The molecule has 2 fully saturated rings. The van der Waals surface area contributed by atoms with Crippen molar-refractivity contribution in [2.45, 2.75) is 110 Å². The van der Waals surface area contributed by atoms with Crippen molar-refractivity contribution < 1.29 is 19.7 Å². The van der Waals surface area contributed by atoms with Crippen molar-refractivity contribution in [1.82, 2.24) is 0 Å². The molecule has 0 aromatic heterocycles. The van der Waals surface area contributed by atoms with E-state index in [2.05, 4.69) is 32.9 Å². The predicted octanol–water partition coefficient (Wildman–Crippen LogP) is 6.05. The summed E-state index contributed by atoms with van der Waals surface area (Å²) in [6.07, 6.45) is 17.7. The number of fused-ring (bicyclic) bond motifs is 2. The van der Waals surface area contributed by atoms with E-state index >= 15 is 0 Å². The van der Waals surface area contributed by atoms with Gasteiger partial charge >= 0.3 is 5.97 Å². The number of hydrogen-bond donors (Lipinski definition) is 1. The molecule has 1 saturated carbocycles. The molecule has 4 nitrogen and oxygen atoms in total. The molecular formula is C22H38O4. The second-order valence-corrected chi connectivity index (χ2v) is 8.72. The fraction of sp³-hybridized carbons (Fsp3) is 0.864. The van der Waals surface area contributed by atoms with Crippen LogP contribution in [0.15, 0.2) is 12.2 Å². The monoisotopic (exact) mass is 366 g/mol. The summed E-state index contributed by atoms with van der Waals surface area (Å²) in [6, 6.07) is 0. The molecule has 2 aliphatic rings.